The van der Waals surface area contributed by atoms with E-state index in [1.54, 1.807) is 0 Å². The van der Waals surface area contributed by atoms with Crippen LogP contribution >= 0.6 is 27.5 Å². The molecule has 1 N–H and O–H groups in total. The Labute approximate surface area is 139 Å². The molecule has 2 rings (SSSR count). The van der Waals surface area contributed by atoms with Crippen molar-refractivity contribution in [1.82, 2.24) is 14.9 Å². The van der Waals surface area contributed by atoms with Gasteiger partial charge in [-0.2, -0.15) is 0 Å². The third-order valence-electron chi connectivity index (χ3n) is 3.55. The minimum absolute atomic E-state index is 0.156. The van der Waals surface area contributed by atoms with Gasteiger partial charge < -0.3 is 9.88 Å². The summed E-state index contributed by atoms with van der Waals surface area (Å²) in [4.78, 5) is 4.11. The molecule has 1 atom stereocenters. The van der Waals surface area contributed by atoms with Gasteiger partial charge in [-0.3, -0.25) is 0 Å². The van der Waals surface area contributed by atoms with Gasteiger partial charge in [-0.15, -0.1) is 0 Å². The quantitative estimate of drug-likeness (QED) is 0.839. The van der Waals surface area contributed by atoms with E-state index < -0.39 is 0 Å². The van der Waals surface area contributed by atoms with E-state index in [4.69, 9.17) is 11.6 Å². The van der Waals surface area contributed by atoms with Gasteiger partial charge in [0.05, 0.1) is 6.33 Å². The summed E-state index contributed by atoms with van der Waals surface area (Å²) in [6.07, 6.45) is 5.67. The molecule has 2 aromatic rings. The summed E-state index contributed by atoms with van der Waals surface area (Å²) in [5.41, 5.74) is 1.36. The summed E-state index contributed by atoms with van der Waals surface area (Å²) >= 11 is 9.56. The number of halogens is 2. The molecule has 0 bridgehead atoms. The lowest BCUT2D eigenvalue weighted by Crippen LogP contribution is -2.43. The number of imidazole rings is 1. The third-order valence-corrected chi connectivity index (χ3v) is 4.53. The number of rotatable bonds is 5. The molecule has 114 valence electrons. The van der Waals surface area contributed by atoms with Crippen molar-refractivity contribution in [3.8, 4) is 0 Å². The summed E-state index contributed by atoms with van der Waals surface area (Å²) in [7, 11) is 0. The lowest BCUT2D eigenvalue weighted by molar-refractivity contribution is 0.240. The van der Waals surface area contributed by atoms with Crippen molar-refractivity contribution >= 4 is 27.5 Å². The minimum atomic E-state index is 0.156. The van der Waals surface area contributed by atoms with Gasteiger partial charge in [-0.1, -0.05) is 54.4 Å². The zero-order chi connectivity index (χ0) is 15.5. The van der Waals surface area contributed by atoms with Crippen molar-refractivity contribution in [2.24, 2.45) is 5.41 Å². The summed E-state index contributed by atoms with van der Waals surface area (Å²) < 4.78 is 3.15. The molecule has 5 heteroatoms. The first-order valence-corrected chi connectivity index (χ1v) is 8.16. The maximum absolute atomic E-state index is 5.99. The van der Waals surface area contributed by atoms with E-state index >= 15 is 0 Å². The molecule has 21 heavy (non-hydrogen) atoms. The summed E-state index contributed by atoms with van der Waals surface area (Å²) in [6.45, 7) is 8.44. The molecular weight excluding hydrogens is 350 g/mol. The number of nitrogens with one attached hydrogen (secondary N) is 1. The average molecular weight is 371 g/mol. The van der Waals surface area contributed by atoms with Crippen LogP contribution in [0.25, 0.3) is 0 Å². The van der Waals surface area contributed by atoms with Gasteiger partial charge in [0.1, 0.15) is 0 Å². The van der Waals surface area contributed by atoms with Crippen LogP contribution in [0.4, 0.5) is 0 Å². The summed E-state index contributed by atoms with van der Waals surface area (Å²) in [5, 5.41) is 4.40. The molecule has 0 spiro atoms. The predicted octanol–water partition coefficient (Wildman–Crippen LogP) is 4.50. The van der Waals surface area contributed by atoms with Crippen LogP contribution in [-0.2, 0) is 13.1 Å². The highest BCUT2D eigenvalue weighted by Gasteiger charge is 2.24. The van der Waals surface area contributed by atoms with E-state index in [2.05, 4.69) is 57.6 Å². The molecule has 0 aliphatic rings. The lowest BCUT2D eigenvalue weighted by atomic mass is 9.86. The van der Waals surface area contributed by atoms with Gasteiger partial charge in [0.15, 0.2) is 0 Å². The Morgan fingerprint density at radius 2 is 2.14 bits per heavy atom. The van der Waals surface area contributed by atoms with E-state index in [1.807, 2.05) is 30.9 Å². The Bertz CT molecular complexity index is 576. The Kier molecular flexibility index (Phi) is 5.47. The van der Waals surface area contributed by atoms with E-state index in [-0.39, 0.29) is 5.41 Å². The topological polar surface area (TPSA) is 29.9 Å². The molecule has 0 saturated carbocycles. The van der Waals surface area contributed by atoms with Gasteiger partial charge in [0.25, 0.3) is 0 Å². The van der Waals surface area contributed by atoms with Gasteiger partial charge in [0, 0.05) is 41.0 Å². The molecule has 0 radical (unpaired) electrons. The molecular formula is C16H21BrClN3. The molecule has 1 unspecified atom stereocenters. The lowest BCUT2D eigenvalue weighted by Gasteiger charge is -2.32. The zero-order valence-electron chi connectivity index (χ0n) is 12.6. The maximum atomic E-state index is 5.99. The highest BCUT2D eigenvalue weighted by Crippen LogP contribution is 2.24. The van der Waals surface area contributed by atoms with Crippen molar-refractivity contribution in [3.05, 3.63) is 52.0 Å². The second-order valence-corrected chi connectivity index (χ2v) is 7.59. The predicted molar refractivity (Wildman–Crippen MR) is 91.5 cm³/mol. The maximum Gasteiger partial charge on any atom is 0.0946 e. The standard InChI is InChI=1S/C16H21BrClN3/c1-16(2,3)15(10-21-7-6-19-11-21)20-9-12-4-5-13(18)8-14(12)17/h4-8,11,15,20H,9-10H2,1-3H3. The summed E-state index contributed by atoms with van der Waals surface area (Å²) in [5.74, 6) is 0. The smallest absolute Gasteiger partial charge is 0.0946 e. The van der Waals surface area contributed by atoms with Gasteiger partial charge in [-0.05, 0) is 23.1 Å². The van der Waals surface area contributed by atoms with Crippen molar-refractivity contribution < 1.29 is 0 Å². The first kappa shape index (κ1) is 16.5. The number of nitrogens with zero attached hydrogens (tertiary/aromatic N) is 2. The molecule has 3 nitrogen and oxygen atoms in total. The first-order chi connectivity index (χ1) is 9.86. The molecule has 1 heterocycles. The Hall–Kier alpha value is -0.840. The average Bonchev–Trinajstić information content (AvgIpc) is 2.87. The summed E-state index contributed by atoms with van der Waals surface area (Å²) in [6, 6.07) is 6.25. The number of aromatic nitrogens is 2. The first-order valence-electron chi connectivity index (χ1n) is 6.99. The van der Waals surface area contributed by atoms with Crippen molar-refractivity contribution in [2.75, 3.05) is 0 Å². The van der Waals surface area contributed by atoms with E-state index in [0.29, 0.717) is 6.04 Å². The largest absolute Gasteiger partial charge is 0.336 e. The SMILES string of the molecule is CC(C)(C)C(Cn1ccnc1)NCc1ccc(Cl)cc1Br. The van der Waals surface area contributed by atoms with Crippen LogP contribution in [0, 0.1) is 5.41 Å². The normalized spacial score (nSPS) is 13.4. The highest BCUT2D eigenvalue weighted by molar-refractivity contribution is 9.10. The molecule has 0 aliphatic heterocycles. The van der Waals surface area contributed by atoms with Crippen molar-refractivity contribution in [3.63, 3.8) is 0 Å². The fourth-order valence-electron chi connectivity index (χ4n) is 2.15. The van der Waals surface area contributed by atoms with Crippen molar-refractivity contribution in [2.45, 2.75) is 39.9 Å². The molecule has 0 saturated heterocycles. The Balaban J connectivity index is 2.05. The van der Waals surface area contributed by atoms with Gasteiger partial charge in [0.2, 0.25) is 0 Å². The van der Waals surface area contributed by atoms with Crippen LogP contribution in [0.15, 0.2) is 41.4 Å². The van der Waals surface area contributed by atoms with Crippen molar-refractivity contribution in [1.29, 1.82) is 0 Å². The zero-order valence-corrected chi connectivity index (χ0v) is 14.9. The van der Waals surface area contributed by atoms with E-state index in [1.165, 1.54) is 5.56 Å². The minimum Gasteiger partial charge on any atom is -0.336 e. The van der Waals surface area contributed by atoms with Gasteiger partial charge in [-0.25, -0.2) is 4.98 Å². The van der Waals surface area contributed by atoms with Gasteiger partial charge >= 0.3 is 0 Å². The number of benzene rings is 1. The number of hydrogen-bond donors (Lipinski definition) is 1. The van der Waals surface area contributed by atoms with Crippen LogP contribution in [0.1, 0.15) is 26.3 Å². The van der Waals surface area contributed by atoms with E-state index in [0.717, 1.165) is 22.6 Å². The molecule has 0 aliphatic carbocycles. The Morgan fingerprint density at radius 1 is 1.38 bits per heavy atom. The molecule has 1 aromatic heterocycles. The fourth-order valence-corrected chi connectivity index (χ4v) is 2.97. The monoisotopic (exact) mass is 369 g/mol. The molecule has 0 fully saturated rings. The third kappa shape index (κ3) is 4.83. The van der Waals surface area contributed by atoms with Crippen LogP contribution < -0.4 is 5.32 Å². The van der Waals surface area contributed by atoms with Crippen LogP contribution in [0.2, 0.25) is 5.02 Å². The molecule has 1 aromatic carbocycles. The van der Waals surface area contributed by atoms with Crippen LogP contribution in [0.5, 0.6) is 0 Å². The Morgan fingerprint density at radius 3 is 2.71 bits per heavy atom. The molecule has 0 amide bonds. The fraction of sp³-hybridized carbons (Fsp3) is 0.438. The van der Waals surface area contributed by atoms with Crippen LogP contribution in [-0.4, -0.2) is 15.6 Å². The second-order valence-electron chi connectivity index (χ2n) is 6.29. The number of hydrogen-bond acceptors (Lipinski definition) is 2. The second kappa shape index (κ2) is 6.95. The highest BCUT2D eigenvalue weighted by atomic mass is 79.9. The van der Waals surface area contributed by atoms with E-state index in [9.17, 15) is 0 Å². The van der Waals surface area contributed by atoms with Crippen LogP contribution in [0.3, 0.4) is 0 Å².